The van der Waals surface area contributed by atoms with E-state index in [2.05, 4.69) is 10.3 Å². The highest BCUT2D eigenvalue weighted by Gasteiger charge is 2.24. The van der Waals surface area contributed by atoms with Gasteiger partial charge in [-0.3, -0.25) is 0 Å². The second kappa shape index (κ2) is 5.94. The molecule has 20 heavy (non-hydrogen) atoms. The van der Waals surface area contributed by atoms with Crippen molar-refractivity contribution >= 4 is 11.6 Å². The molecule has 0 amide bonds. The first-order valence-electron chi connectivity index (χ1n) is 7.11. The van der Waals surface area contributed by atoms with E-state index in [9.17, 15) is 5.11 Å². The van der Waals surface area contributed by atoms with E-state index in [1.54, 1.807) is 0 Å². The fourth-order valence-electron chi connectivity index (χ4n) is 2.99. The second-order valence-electron chi connectivity index (χ2n) is 5.30. The summed E-state index contributed by atoms with van der Waals surface area (Å²) in [4.78, 5) is 0. The average Bonchev–Trinajstić information content (AvgIpc) is 2.93. The van der Waals surface area contributed by atoms with Gasteiger partial charge in [-0.25, -0.2) is 4.68 Å². The lowest BCUT2D eigenvalue weighted by Crippen LogP contribution is -2.12. The first-order valence-corrected chi connectivity index (χ1v) is 7.48. The first kappa shape index (κ1) is 13.6. The number of aliphatic hydroxyl groups is 1. The summed E-state index contributed by atoms with van der Waals surface area (Å²) in [6.07, 6.45) is 6.07. The third kappa shape index (κ3) is 2.58. The summed E-state index contributed by atoms with van der Waals surface area (Å²) in [5, 5.41) is 18.6. The normalized spacial score (nSPS) is 16.5. The molecule has 4 nitrogen and oxygen atoms in total. The summed E-state index contributed by atoms with van der Waals surface area (Å²) in [5.74, 6) is 0.441. The molecule has 106 valence electrons. The molecule has 0 radical (unpaired) electrons. The Bertz CT molecular complexity index is 573. The van der Waals surface area contributed by atoms with Crippen molar-refractivity contribution in [2.45, 2.75) is 44.6 Å². The molecular formula is C15H18ClN3O. The zero-order chi connectivity index (χ0) is 13.9. The van der Waals surface area contributed by atoms with Crippen molar-refractivity contribution in [3.8, 4) is 5.69 Å². The molecule has 1 saturated carbocycles. The van der Waals surface area contributed by atoms with Gasteiger partial charge in [-0.15, -0.1) is 5.10 Å². The third-order valence-electron chi connectivity index (χ3n) is 3.99. The van der Waals surface area contributed by atoms with E-state index in [-0.39, 0.29) is 6.61 Å². The van der Waals surface area contributed by atoms with E-state index in [0.29, 0.717) is 16.6 Å². The number of nitrogens with zero attached hydrogens (tertiary/aromatic N) is 3. The summed E-state index contributed by atoms with van der Waals surface area (Å²) in [5.41, 5.74) is 2.71. The van der Waals surface area contributed by atoms with E-state index < -0.39 is 0 Å². The van der Waals surface area contributed by atoms with Crippen molar-refractivity contribution in [3.05, 3.63) is 40.7 Å². The fraction of sp³-hybridized carbons (Fsp3) is 0.467. The van der Waals surface area contributed by atoms with Crippen LogP contribution >= 0.6 is 11.6 Å². The van der Waals surface area contributed by atoms with E-state index in [4.69, 9.17) is 11.6 Å². The van der Waals surface area contributed by atoms with Crippen molar-refractivity contribution in [2.75, 3.05) is 0 Å². The van der Waals surface area contributed by atoms with Gasteiger partial charge in [-0.1, -0.05) is 36.1 Å². The molecule has 0 saturated heterocycles. The number of halogens is 1. The van der Waals surface area contributed by atoms with E-state index in [0.717, 1.165) is 24.2 Å². The molecule has 1 aromatic heterocycles. The zero-order valence-corrected chi connectivity index (χ0v) is 12.1. The summed E-state index contributed by atoms with van der Waals surface area (Å²) in [6, 6.07) is 7.57. The number of aliphatic hydroxyl groups excluding tert-OH is 1. The maximum Gasteiger partial charge on any atom is 0.112 e. The topological polar surface area (TPSA) is 50.9 Å². The van der Waals surface area contributed by atoms with Gasteiger partial charge in [0.2, 0.25) is 0 Å². The molecule has 2 aromatic rings. The molecule has 0 bridgehead atoms. The first-order chi connectivity index (χ1) is 9.79. The fourth-order valence-corrected chi connectivity index (χ4v) is 3.12. The minimum Gasteiger partial charge on any atom is -0.390 e. The van der Waals surface area contributed by atoms with Crippen LogP contribution in [0.5, 0.6) is 0 Å². The van der Waals surface area contributed by atoms with Gasteiger partial charge in [0.25, 0.3) is 0 Å². The van der Waals surface area contributed by atoms with E-state index in [1.165, 1.54) is 19.3 Å². The molecule has 0 aliphatic heterocycles. The van der Waals surface area contributed by atoms with Gasteiger partial charge in [-0.05, 0) is 37.1 Å². The van der Waals surface area contributed by atoms with Crippen LogP contribution in [-0.2, 0) is 6.61 Å². The molecule has 1 aliphatic carbocycles. The smallest absolute Gasteiger partial charge is 0.112 e. The van der Waals surface area contributed by atoms with Crippen LogP contribution in [-0.4, -0.2) is 20.1 Å². The van der Waals surface area contributed by atoms with Crippen LogP contribution < -0.4 is 0 Å². The number of hydrogen-bond donors (Lipinski definition) is 1. The quantitative estimate of drug-likeness (QED) is 0.942. The lowest BCUT2D eigenvalue weighted by Gasteiger charge is -2.23. The Morgan fingerprint density at radius 2 is 1.85 bits per heavy atom. The number of hydrogen-bond acceptors (Lipinski definition) is 3. The number of aromatic nitrogens is 3. The highest BCUT2D eigenvalue weighted by Crippen LogP contribution is 2.35. The van der Waals surface area contributed by atoms with Crippen LogP contribution in [0.15, 0.2) is 24.3 Å². The highest BCUT2D eigenvalue weighted by atomic mass is 35.5. The van der Waals surface area contributed by atoms with Crippen LogP contribution in [0, 0.1) is 0 Å². The van der Waals surface area contributed by atoms with Crippen LogP contribution in [0.1, 0.15) is 49.4 Å². The lowest BCUT2D eigenvalue weighted by atomic mass is 9.86. The highest BCUT2D eigenvalue weighted by molar-refractivity contribution is 6.30. The van der Waals surface area contributed by atoms with Crippen LogP contribution in [0.2, 0.25) is 5.02 Å². The Morgan fingerprint density at radius 3 is 2.50 bits per heavy atom. The number of benzene rings is 1. The Labute approximate surface area is 123 Å². The Balaban J connectivity index is 2.02. The molecule has 1 aliphatic rings. The predicted molar refractivity (Wildman–Crippen MR) is 78.1 cm³/mol. The molecule has 0 atom stereocenters. The van der Waals surface area contributed by atoms with E-state index >= 15 is 0 Å². The van der Waals surface area contributed by atoms with Crippen molar-refractivity contribution in [2.24, 2.45) is 0 Å². The summed E-state index contributed by atoms with van der Waals surface area (Å²) < 4.78 is 1.86. The van der Waals surface area contributed by atoms with Gasteiger partial charge in [0.15, 0.2) is 0 Å². The van der Waals surface area contributed by atoms with E-state index in [1.807, 2.05) is 28.9 Å². The molecule has 1 aromatic carbocycles. The van der Waals surface area contributed by atoms with Crippen LogP contribution in [0.25, 0.3) is 5.69 Å². The van der Waals surface area contributed by atoms with Crippen molar-refractivity contribution in [1.29, 1.82) is 0 Å². The van der Waals surface area contributed by atoms with Gasteiger partial charge < -0.3 is 5.11 Å². The molecule has 0 unspecified atom stereocenters. The average molecular weight is 292 g/mol. The maximum absolute atomic E-state index is 9.52. The van der Waals surface area contributed by atoms with Gasteiger partial charge in [-0.2, -0.15) is 0 Å². The van der Waals surface area contributed by atoms with Gasteiger partial charge in [0.1, 0.15) is 5.69 Å². The maximum atomic E-state index is 9.52. The second-order valence-corrected chi connectivity index (χ2v) is 5.74. The minimum absolute atomic E-state index is 0.0561. The molecule has 5 heteroatoms. The third-order valence-corrected chi connectivity index (χ3v) is 4.24. The van der Waals surface area contributed by atoms with Crippen LogP contribution in [0.4, 0.5) is 0 Å². The Kier molecular flexibility index (Phi) is 4.03. The molecule has 1 fully saturated rings. The minimum atomic E-state index is -0.0561. The van der Waals surface area contributed by atoms with Crippen molar-refractivity contribution in [1.82, 2.24) is 15.0 Å². The van der Waals surface area contributed by atoms with Gasteiger partial charge in [0.05, 0.1) is 18.0 Å². The summed E-state index contributed by atoms with van der Waals surface area (Å²) >= 11 is 5.93. The summed E-state index contributed by atoms with van der Waals surface area (Å²) in [7, 11) is 0. The number of rotatable bonds is 3. The zero-order valence-electron chi connectivity index (χ0n) is 11.3. The summed E-state index contributed by atoms with van der Waals surface area (Å²) in [6.45, 7) is -0.0561. The molecule has 1 heterocycles. The monoisotopic (exact) mass is 291 g/mol. The largest absolute Gasteiger partial charge is 0.390 e. The Hall–Kier alpha value is -1.39. The molecule has 3 rings (SSSR count). The molecule has 1 N–H and O–H groups in total. The van der Waals surface area contributed by atoms with Crippen molar-refractivity contribution < 1.29 is 5.11 Å². The molecule has 0 spiro atoms. The standard InChI is InChI=1S/C15H18ClN3O/c16-12-6-8-13(9-7-12)19-15(14(10-20)17-18-19)11-4-2-1-3-5-11/h6-9,11,20H,1-5,10H2. The van der Waals surface area contributed by atoms with Gasteiger partial charge >= 0.3 is 0 Å². The van der Waals surface area contributed by atoms with Gasteiger partial charge in [0, 0.05) is 10.9 Å². The van der Waals surface area contributed by atoms with Crippen LogP contribution in [0.3, 0.4) is 0 Å². The van der Waals surface area contributed by atoms with Crippen molar-refractivity contribution in [3.63, 3.8) is 0 Å². The Morgan fingerprint density at radius 1 is 1.15 bits per heavy atom. The SMILES string of the molecule is OCc1nnn(-c2ccc(Cl)cc2)c1C1CCCCC1. The lowest BCUT2D eigenvalue weighted by molar-refractivity contribution is 0.273. The molecular weight excluding hydrogens is 274 g/mol. The predicted octanol–water partition coefficient (Wildman–Crippen LogP) is 3.46.